The molecule has 0 saturated carbocycles. The lowest BCUT2D eigenvalue weighted by Gasteiger charge is -2.07. The molecule has 1 atom stereocenters. The van der Waals surface area contributed by atoms with E-state index in [0.717, 1.165) is 23.4 Å². The SMILES string of the molecule is CCn1cc(COc2ccc([C@@H](C)O)cc2)cn1. The summed E-state index contributed by atoms with van der Waals surface area (Å²) in [4.78, 5) is 0. The first-order valence-electron chi connectivity index (χ1n) is 6.11. The van der Waals surface area contributed by atoms with Gasteiger partial charge in [0, 0.05) is 18.3 Å². The molecule has 0 aliphatic carbocycles. The predicted octanol–water partition coefficient (Wildman–Crippen LogP) is 2.54. The molecule has 0 bridgehead atoms. The molecule has 0 spiro atoms. The molecule has 4 heteroatoms. The van der Waals surface area contributed by atoms with Crippen LogP contribution in [0.15, 0.2) is 36.7 Å². The van der Waals surface area contributed by atoms with Crippen LogP contribution in [0, 0.1) is 0 Å². The van der Waals surface area contributed by atoms with Gasteiger partial charge in [-0.05, 0) is 31.5 Å². The van der Waals surface area contributed by atoms with E-state index in [1.807, 2.05) is 48.3 Å². The summed E-state index contributed by atoms with van der Waals surface area (Å²) in [5, 5.41) is 13.6. The summed E-state index contributed by atoms with van der Waals surface area (Å²) in [6, 6.07) is 7.48. The Labute approximate surface area is 107 Å². The quantitative estimate of drug-likeness (QED) is 0.882. The number of aromatic nitrogens is 2. The number of ether oxygens (including phenoxy) is 1. The van der Waals surface area contributed by atoms with E-state index >= 15 is 0 Å². The number of rotatable bonds is 5. The highest BCUT2D eigenvalue weighted by atomic mass is 16.5. The van der Waals surface area contributed by atoms with E-state index in [4.69, 9.17) is 4.74 Å². The number of hydrogen-bond donors (Lipinski definition) is 1. The van der Waals surface area contributed by atoms with Crippen molar-refractivity contribution in [3.63, 3.8) is 0 Å². The van der Waals surface area contributed by atoms with E-state index in [-0.39, 0.29) is 0 Å². The lowest BCUT2D eigenvalue weighted by atomic mass is 10.1. The van der Waals surface area contributed by atoms with Gasteiger partial charge in [0.15, 0.2) is 0 Å². The van der Waals surface area contributed by atoms with Crippen LogP contribution in [0.3, 0.4) is 0 Å². The highest BCUT2D eigenvalue weighted by molar-refractivity contribution is 5.28. The van der Waals surface area contributed by atoms with Crippen LogP contribution >= 0.6 is 0 Å². The second kappa shape index (κ2) is 5.69. The van der Waals surface area contributed by atoms with Crippen LogP contribution in [-0.4, -0.2) is 14.9 Å². The van der Waals surface area contributed by atoms with Crippen LogP contribution in [0.25, 0.3) is 0 Å². The lowest BCUT2D eigenvalue weighted by Crippen LogP contribution is -1.96. The van der Waals surface area contributed by atoms with Gasteiger partial charge in [0.1, 0.15) is 12.4 Å². The van der Waals surface area contributed by atoms with Gasteiger partial charge in [0.2, 0.25) is 0 Å². The van der Waals surface area contributed by atoms with Crippen molar-refractivity contribution in [2.24, 2.45) is 0 Å². The first-order valence-corrected chi connectivity index (χ1v) is 6.11. The Balaban J connectivity index is 1.93. The molecule has 2 aromatic rings. The van der Waals surface area contributed by atoms with Gasteiger partial charge in [-0.1, -0.05) is 12.1 Å². The molecule has 0 fully saturated rings. The molecule has 0 aliphatic heterocycles. The molecule has 1 aromatic carbocycles. The van der Waals surface area contributed by atoms with Crippen LogP contribution in [0.5, 0.6) is 5.75 Å². The molecule has 0 radical (unpaired) electrons. The molecule has 0 unspecified atom stereocenters. The van der Waals surface area contributed by atoms with Gasteiger partial charge in [-0.25, -0.2) is 0 Å². The fraction of sp³-hybridized carbons (Fsp3) is 0.357. The summed E-state index contributed by atoms with van der Waals surface area (Å²) in [5.74, 6) is 0.795. The van der Waals surface area contributed by atoms with Crippen molar-refractivity contribution < 1.29 is 9.84 Å². The molecular formula is C14H18N2O2. The number of aliphatic hydroxyl groups is 1. The zero-order valence-electron chi connectivity index (χ0n) is 10.7. The third-order valence-corrected chi connectivity index (χ3v) is 2.78. The molecule has 1 aromatic heterocycles. The number of nitrogens with zero attached hydrogens (tertiary/aromatic N) is 2. The maximum Gasteiger partial charge on any atom is 0.119 e. The van der Waals surface area contributed by atoms with Crippen molar-refractivity contribution in [3.05, 3.63) is 47.8 Å². The number of aliphatic hydroxyl groups excluding tert-OH is 1. The van der Waals surface area contributed by atoms with Crippen molar-refractivity contribution >= 4 is 0 Å². The molecule has 1 heterocycles. The molecular weight excluding hydrogens is 228 g/mol. The number of benzene rings is 1. The standard InChI is InChI=1S/C14H18N2O2/c1-3-16-9-12(8-15-16)10-18-14-6-4-13(5-7-14)11(2)17/h4-9,11,17H,3,10H2,1-2H3/t11-/m1/s1. The smallest absolute Gasteiger partial charge is 0.119 e. The molecule has 96 valence electrons. The summed E-state index contributed by atoms with van der Waals surface area (Å²) in [7, 11) is 0. The normalized spacial score (nSPS) is 12.4. The first-order chi connectivity index (χ1) is 8.69. The highest BCUT2D eigenvalue weighted by Crippen LogP contribution is 2.18. The Kier molecular flexibility index (Phi) is 3.99. The van der Waals surface area contributed by atoms with Gasteiger partial charge in [0.25, 0.3) is 0 Å². The van der Waals surface area contributed by atoms with Crippen LogP contribution in [0.1, 0.15) is 31.1 Å². The topological polar surface area (TPSA) is 47.3 Å². The van der Waals surface area contributed by atoms with Crippen molar-refractivity contribution in [2.75, 3.05) is 0 Å². The Bertz CT molecular complexity index is 489. The van der Waals surface area contributed by atoms with E-state index in [1.165, 1.54) is 0 Å². The van der Waals surface area contributed by atoms with Gasteiger partial charge >= 0.3 is 0 Å². The summed E-state index contributed by atoms with van der Waals surface area (Å²) in [5.41, 5.74) is 1.94. The Morgan fingerprint density at radius 1 is 1.33 bits per heavy atom. The van der Waals surface area contributed by atoms with E-state index in [9.17, 15) is 5.11 Å². The molecule has 18 heavy (non-hydrogen) atoms. The van der Waals surface area contributed by atoms with Crippen molar-refractivity contribution in [3.8, 4) is 5.75 Å². The van der Waals surface area contributed by atoms with E-state index in [1.54, 1.807) is 6.92 Å². The van der Waals surface area contributed by atoms with Gasteiger partial charge < -0.3 is 9.84 Å². The maximum atomic E-state index is 9.40. The average Bonchev–Trinajstić information content (AvgIpc) is 2.85. The van der Waals surface area contributed by atoms with Crippen molar-refractivity contribution in [2.45, 2.75) is 33.1 Å². The van der Waals surface area contributed by atoms with Crippen molar-refractivity contribution in [1.82, 2.24) is 9.78 Å². The predicted molar refractivity (Wildman–Crippen MR) is 69.3 cm³/mol. The van der Waals surface area contributed by atoms with Gasteiger partial charge in [-0.2, -0.15) is 5.10 Å². The summed E-state index contributed by atoms with van der Waals surface area (Å²) in [6.45, 7) is 5.17. The van der Waals surface area contributed by atoms with Crippen LogP contribution in [0.2, 0.25) is 0 Å². The Morgan fingerprint density at radius 3 is 2.61 bits per heavy atom. The minimum atomic E-state index is -0.443. The van der Waals surface area contributed by atoms with E-state index in [0.29, 0.717) is 6.61 Å². The molecule has 1 N–H and O–H groups in total. The average molecular weight is 246 g/mol. The molecule has 0 aliphatic rings. The van der Waals surface area contributed by atoms with Crippen molar-refractivity contribution in [1.29, 1.82) is 0 Å². The summed E-state index contributed by atoms with van der Waals surface area (Å²) >= 11 is 0. The summed E-state index contributed by atoms with van der Waals surface area (Å²) < 4.78 is 7.52. The fourth-order valence-corrected chi connectivity index (χ4v) is 1.66. The number of aryl methyl sites for hydroxylation is 1. The van der Waals surface area contributed by atoms with Gasteiger partial charge in [-0.15, -0.1) is 0 Å². The Morgan fingerprint density at radius 2 is 2.06 bits per heavy atom. The monoisotopic (exact) mass is 246 g/mol. The van der Waals surface area contributed by atoms with Gasteiger partial charge in [0.05, 0.1) is 12.3 Å². The number of hydrogen-bond acceptors (Lipinski definition) is 3. The van der Waals surface area contributed by atoms with E-state index < -0.39 is 6.10 Å². The zero-order chi connectivity index (χ0) is 13.0. The van der Waals surface area contributed by atoms with Crippen LogP contribution < -0.4 is 4.74 Å². The third kappa shape index (κ3) is 3.11. The lowest BCUT2D eigenvalue weighted by molar-refractivity contribution is 0.199. The molecule has 0 amide bonds. The summed E-state index contributed by atoms with van der Waals surface area (Å²) in [6.07, 6.45) is 3.35. The van der Waals surface area contributed by atoms with E-state index in [2.05, 4.69) is 5.10 Å². The fourth-order valence-electron chi connectivity index (χ4n) is 1.66. The molecule has 0 saturated heterocycles. The largest absolute Gasteiger partial charge is 0.489 e. The second-order valence-electron chi connectivity index (χ2n) is 4.24. The minimum Gasteiger partial charge on any atom is -0.489 e. The minimum absolute atomic E-state index is 0.443. The zero-order valence-corrected chi connectivity index (χ0v) is 10.7. The second-order valence-corrected chi connectivity index (χ2v) is 4.24. The maximum absolute atomic E-state index is 9.40. The first kappa shape index (κ1) is 12.6. The van der Waals surface area contributed by atoms with Gasteiger partial charge in [-0.3, -0.25) is 4.68 Å². The molecule has 4 nitrogen and oxygen atoms in total. The Hall–Kier alpha value is -1.81. The molecule has 2 rings (SSSR count). The third-order valence-electron chi connectivity index (χ3n) is 2.78. The van der Waals surface area contributed by atoms with Crippen LogP contribution in [0.4, 0.5) is 0 Å². The highest BCUT2D eigenvalue weighted by Gasteiger charge is 2.02. The van der Waals surface area contributed by atoms with Crippen LogP contribution in [-0.2, 0) is 13.2 Å².